The van der Waals surface area contributed by atoms with Crippen LogP contribution >= 0.6 is 0 Å². The summed E-state index contributed by atoms with van der Waals surface area (Å²) in [7, 11) is 0. The molecule has 82 valence electrons. The summed E-state index contributed by atoms with van der Waals surface area (Å²) in [6.45, 7) is 0. The average Bonchev–Trinajstić information content (AvgIpc) is 2.65. The smallest absolute Gasteiger partial charge is 0.270 e. The Kier molecular flexibility index (Phi) is 2.81. The molecule has 0 bridgehead atoms. The van der Waals surface area contributed by atoms with Crippen molar-refractivity contribution < 1.29 is 9.72 Å². The first kappa shape index (κ1) is 10.5. The number of carbonyl (C=O) groups excluding carboxylic acids is 1. The van der Waals surface area contributed by atoms with Crippen LogP contribution < -0.4 is 0 Å². The van der Waals surface area contributed by atoms with Crippen molar-refractivity contribution in [3.8, 4) is 0 Å². The Balaban J connectivity index is 2.31. The van der Waals surface area contributed by atoms with Crippen LogP contribution in [0.3, 0.4) is 0 Å². The number of nitrogens with zero attached hydrogens (tertiary/aromatic N) is 1. The van der Waals surface area contributed by atoms with Gasteiger partial charge in [-0.3, -0.25) is 14.9 Å². The van der Waals surface area contributed by atoms with Crippen LogP contribution in [0.4, 0.5) is 5.69 Å². The van der Waals surface area contributed by atoms with Gasteiger partial charge in [0.05, 0.1) is 4.92 Å². The minimum atomic E-state index is -0.432. The summed E-state index contributed by atoms with van der Waals surface area (Å²) < 4.78 is 0. The van der Waals surface area contributed by atoms with E-state index in [4.69, 9.17) is 0 Å². The van der Waals surface area contributed by atoms with Gasteiger partial charge >= 0.3 is 0 Å². The second-order valence-corrected chi connectivity index (χ2v) is 3.80. The highest BCUT2D eigenvalue weighted by Crippen LogP contribution is 2.24. The molecule has 16 heavy (non-hydrogen) atoms. The van der Waals surface area contributed by atoms with E-state index in [2.05, 4.69) is 0 Å². The van der Waals surface area contributed by atoms with E-state index in [0.717, 1.165) is 24.0 Å². The van der Waals surface area contributed by atoms with Crippen LogP contribution in [-0.2, 0) is 4.79 Å². The van der Waals surface area contributed by atoms with Crippen molar-refractivity contribution in [3.63, 3.8) is 0 Å². The monoisotopic (exact) mass is 217 g/mol. The van der Waals surface area contributed by atoms with E-state index in [1.807, 2.05) is 0 Å². The highest BCUT2D eigenvalue weighted by Gasteiger charge is 2.16. The number of allylic oxidation sites excluding steroid dienone is 1. The molecule has 0 aliphatic heterocycles. The Labute approximate surface area is 92.7 Å². The predicted molar refractivity (Wildman–Crippen MR) is 59.9 cm³/mol. The van der Waals surface area contributed by atoms with Crippen molar-refractivity contribution in [2.75, 3.05) is 0 Å². The maximum Gasteiger partial charge on any atom is 0.270 e. The summed E-state index contributed by atoms with van der Waals surface area (Å²) in [4.78, 5) is 21.5. The zero-order valence-corrected chi connectivity index (χ0v) is 8.68. The fraction of sp³-hybridized carbons (Fsp3) is 0.250. The summed E-state index contributed by atoms with van der Waals surface area (Å²) in [5.74, 6) is 0.159. The third kappa shape index (κ3) is 2.16. The van der Waals surface area contributed by atoms with Gasteiger partial charge in [0.25, 0.3) is 5.69 Å². The van der Waals surface area contributed by atoms with Gasteiger partial charge in [0.1, 0.15) is 0 Å². The fourth-order valence-electron chi connectivity index (χ4n) is 1.82. The summed E-state index contributed by atoms with van der Waals surface area (Å²) in [5, 5.41) is 10.6. The van der Waals surface area contributed by atoms with E-state index >= 15 is 0 Å². The first-order chi connectivity index (χ1) is 7.66. The first-order valence-electron chi connectivity index (χ1n) is 5.15. The molecule has 1 aromatic rings. The summed E-state index contributed by atoms with van der Waals surface area (Å²) >= 11 is 0. The van der Waals surface area contributed by atoms with Gasteiger partial charge in [0, 0.05) is 18.6 Å². The maximum absolute atomic E-state index is 11.4. The van der Waals surface area contributed by atoms with E-state index in [-0.39, 0.29) is 11.5 Å². The zero-order chi connectivity index (χ0) is 11.5. The number of nitro groups is 1. The van der Waals surface area contributed by atoms with Crippen LogP contribution in [0.2, 0.25) is 0 Å². The second-order valence-electron chi connectivity index (χ2n) is 3.80. The molecule has 0 aromatic heterocycles. The Morgan fingerprint density at radius 3 is 2.75 bits per heavy atom. The van der Waals surface area contributed by atoms with Crippen molar-refractivity contribution >= 4 is 17.5 Å². The van der Waals surface area contributed by atoms with Gasteiger partial charge in [-0.25, -0.2) is 0 Å². The van der Waals surface area contributed by atoms with E-state index in [0.29, 0.717) is 6.42 Å². The van der Waals surface area contributed by atoms with Crippen LogP contribution in [0.5, 0.6) is 0 Å². The van der Waals surface area contributed by atoms with Crippen molar-refractivity contribution in [3.05, 3.63) is 45.5 Å². The Morgan fingerprint density at radius 1 is 1.31 bits per heavy atom. The average molecular weight is 217 g/mol. The molecule has 0 atom stereocenters. The predicted octanol–water partition coefficient (Wildman–Crippen LogP) is 2.73. The second kappa shape index (κ2) is 4.26. The lowest BCUT2D eigenvalue weighted by atomic mass is 10.1. The minimum Gasteiger partial charge on any atom is -0.295 e. The molecule has 2 rings (SSSR count). The van der Waals surface area contributed by atoms with Gasteiger partial charge in [-0.1, -0.05) is 12.1 Å². The van der Waals surface area contributed by atoms with Crippen LogP contribution in [0, 0.1) is 10.1 Å². The summed E-state index contributed by atoms with van der Waals surface area (Å²) in [6, 6.07) is 6.33. The molecule has 1 saturated carbocycles. The lowest BCUT2D eigenvalue weighted by Gasteiger charge is -1.97. The van der Waals surface area contributed by atoms with Crippen molar-refractivity contribution in [2.24, 2.45) is 0 Å². The molecule has 0 heterocycles. The zero-order valence-electron chi connectivity index (χ0n) is 8.68. The van der Waals surface area contributed by atoms with Crippen LogP contribution in [0.1, 0.15) is 24.8 Å². The largest absolute Gasteiger partial charge is 0.295 e. The highest BCUT2D eigenvalue weighted by molar-refractivity contribution is 6.01. The number of benzene rings is 1. The normalized spacial score (nSPS) is 18.0. The molecule has 1 aliphatic rings. The quantitative estimate of drug-likeness (QED) is 0.434. The van der Waals surface area contributed by atoms with Gasteiger partial charge in [-0.2, -0.15) is 0 Å². The lowest BCUT2D eigenvalue weighted by Crippen LogP contribution is -1.92. The summed E-state index contributed by atoms with van der Waals surface area (Å²) in [5.41, 5.74) is 1.56. The van der Waals surface area contributed by atoms with E-state index in [9.17, 15) is 14.9 Å². The highest BCUT2D eigenvalue weighted by atomic mass is 16.6. The number of carbonyl (C=O) groups is 1. The molecular weight excluding hydrogens is 206 g/mol. The molecule has 0 saturated heterocycles. The number of ketones is 1. The molecule has 1 aromatic carbocycles. The number of Topliss-reactive ketones (excluding diaryl/α,β-unsaturated/α-hetero) is 1. The molecule has 0 amide bonds. The van der Waals surface area contributed by atoms with Gasteiger partial charge in [-0.05, 0) is 30.1 Å². The van der Waals surface area contributed by atoms with Gasteiger partial charge in [0.15, 0.2) is 5.78 Å². The molecule has 1 fully saturated rings. The number of nitro benzene ring substituents is 1. The molecule has 0 radical (unpaired) electrons. The first-order valence-corrected chi connectivity index (χ1v) is 5.15. The standard InChI is InChI=1S/C12H11NO3/c14-12-6-2-4-10(12)7-9-3-1-5-11(8-9)13(15)16/h1,3,5,7-8H,2,4,6H2/b10-7+. The molecule has 0 spiro atoms. The Morgan fingerprint density at radius 2 is 2.12 bits per heavy atom. The number of hydrogen-bond acceptors (Lipinski definition) is 3. The van der Waals surface area contributed by atoms with Gasteiger partial charge < -0.3 is 0 Å². The third-order valence-corrected chi connectivity index (χ3v) is 2.63. The molecule has 4 nitrogen and oxygen atoms in total. The molecule has 1 aliphatic carbocycles. The Hall–Kier alpha value is -1.97. The number of hydrogen-bond donors (Lipinski definition) is 0. The van der Waals surface area contributed by atoms with Gasteiger partial charge in [-0.15, -0.1) is 0 Å². The number of rotatable bonds is 2. The van der Waals surface area contributed by atoms with Crippen LogP contribution in [0.15, 0.2) is 29.8 Å². The van der Waals surface area contributed by atoms with E-state index in [1.165, 1.54) is 12.1 Å². The lowest BCUT2D eigenvalue weighted by molar-refractivity contribution is -0.384. The van der Waals surface area contributed by atoms with Crippen LogP contribution in [-0.4, -0.2) is 10.7 Å². The fourth-order valence-corrected chi connectivity index (χ4v) is 1.82. The molecule has 4 heteroatoms. The van der Waals surface area contributed by atoms with Crippen LogP contribution in [0.25, 0.3) is 6.08 Å². The SMILES string of the molecule is O=C1CCC/C1=C\c1cccc([N+](=O)[O-])c1. The van der Waals surface area contributed by atoms with Crippen molar-refractivity contribution in [1.82, 2.24) is 0 Å². The third-order valence-electron chi connectivity index (χ3n) is 2.63. The Bertz CT molecular complexity index is 477. The molecule has 0 N–H and O–H groups in total. The molecule has 0 unspecified atom stereocenters. The van der Waals surface area contributed by atoms with E-state index < -0.39 is 4.92 Å². The number of non-ortho nitro benzene ring substituents is 1. The van der Waals surface area contributed by atoms with Crippen molar-refractivity contribution in [1.29, 1.82) is 0 Å². The van der Waals surface area contributed by atoms with Crippen molar-refractivity contribution in [2.45, 2.75) is 19.3 Å². The van der Waals surface area contributed by atoms with Gasteiger partial charge in [0.2, 0.25) is 0 Å². The minimum absolute atomic E-state index is 0.0554. The van der Waals surface area contributed by atoms with E-state index in [1.54, 1.807) is 18.2 Å². The summed E-state index contributed by atoms with van der Waals surface area (Å²) in [6.07, 6.45) is 4.02. The maximum atomic E-state index is 11.4. The molecular formula is C12H11NO3. The topological polar surface area (TPSA) is 60.2 Å².